The van der Waals surface area contributed by atoms with E-state index in [9.17, 15) is 24.2 Å². The van der Waals surface area contributed by atoms with Gasteiger partial charge in [0, 0.05) is 19.3 Å². The molecule has 0 aromatic rings. The Morgan fingerprint density at radius 3 is 1.70 bits per heavy atom. The monoisotopic (exact) mass is 775 g/mol. The fraction of sp³-hybridized carbons (Fsp3) is 0.857. The Kier molecular flexibility index (Phi) is 33.6. The van der Waals surface area contributed by atoms with Crippen molar-refractivity contribution in [3.8, 4) is 0 Å². The zero-order valence-corrected chi connectivity index (χ0v) is 35.6. The summed E-state index contributed by atoms with van der Waals surface area (Å²) in [6.07, 6.45) is 32.0. The van der Waals surface area contributed by atoms with Crippen LogP contribution in [0.2, 0.25) is 0 Å². The van der Waals surface area contributed by atoms with Gasteiger partial charge in [-0.1, -0.05) is 129 Å². The molecule has 0 rings (SSSR count). The van der Waals surface area contributed by atoms with Crippen LogP contribution in [-0.2, 0) is 32.7 Å². The number of carbonyl (C=O) groups is 2. The van der Waals surface area contributed by atoms with E-state index in [0.717, 1.165) is 77.0 Å². The lowest BCUT2D eigenvalue weighted by Gasteiger charge is -2.24. The molecule has 0 aromatic carbocycles. The summed E-state index contributed by atoms with van der Waals surface area (Å²) < 4.78 is 34.2. The number of hydrogen-bond donors (Lipinski definition) is 2. The number of phosphoric ester groups is 1. The summed E-state index contributed by atoms with van der Waals surface area (Å²) in [5.41, 5.74) is 0. The lowest BCUT2D eigenvalue weighted by molar-refractivity contribution is -0.870. The van der Waals surface area contributed by atoms with Gasteiger partial charge in [-0.05, 0) is 51.0 Å². The van der Waals surface area contributed by atoms with Crippen molar-refractivity contribution in [2.24, 2.45) is 0 Å². The number of rotatable bonds is 38. The first kappa shape index (κ1) is 51.3. The Bertz CT molecular complexity index is 996. The zero-order valence-electron chi connectivity index (χ0n) is 34.7. The predicted octanol–water partition coefficient (Wildman–Crippen LogP) is 11.5. The molecule has 0 bridgehead atoms. The first-order chi connectivity index (χ1) is 25.4. The van der Waals surface area contributed by atoms with E-state index in [1.807, 2.05) is 27.2 Å². The van der Waals surface area contributed by atoms with Crippen LogP contribution in [0.4, 0.5) is 0 Å². The van der Waals surface area contributed by atoms with Gasteiger partial charge in [0.1, 0.15) is 19.8 Å². The molecule has 312 valence electrons. The number of allylic oxidation sites excluding steroid dienone is 4. The first-order valence-corrected chi connectivity index (χ1v) is 22.7. The number of carbonyl (C=O) groups excluding carboxylic acids is 2. The highest BCUT2D eigenvalue weighted by Crippen LogP contribution is 2.43. The number of phosphoric acid groups is 1. The molecular formula is C42H81NO9P+. The molecule has 0 radical (unpaired) electrons. The van der Waals surface area contributed by atoms with Gasteiger partial charge in [-0.2, -0.15) is 0 Å². The van der Waals surface area contributed by atoms with E-state index < -0.39 is 26.5 Å². The molecular weight excluding hydrogens is 693 g/mol. The molecule has 0 aliphatic rings. The van der Waals surface area contributed by atoms with E-state index >= 15 is 0 Å². The third-order valence-corrected chi connectivity index (χ3v) is 10.1. The van der Waals surface area contributed by atoms with Gasteiger partial charge in [0.25, 0.3) is 0 Å². The maximum absolute atomic E-state index is 12.7. The number of nitrogens with zero attached hydrogens (tertiary/aromatic N) is 1. The second kappa shape index (κ2) is 34.8. The Balaban J connectivity index is 4.43. The number of aliphatic hydroxyl groups is 1. The Morgan fingerprint density at radius 2 is 1.13 bits per heavy atom. The maximum Gasteiger partial charge on any atom is 0.472 e. The van der Waals surface area contributed by atoms with E-state index in [-0.39, 0.29) is 32.0 Å². The van der Waals surface area contributed by atoms with Gasteiger partial charge in [0.15, 0.2) is 6.10 Å². The second-order valence-electron chi connectivity index (χ2n) is 15.6. The number of esters is 2. The number of aliphatic hydroxyl groups excluding tert-OH is 1. The van der Waals surface area contributed by atoms with Gasteiger partial charge in [0.2, 0.25) is 0 Å². The highest BCUT2D eigenvalue weighted by atomic mass is 31.2. The Hall–Kier alpha value is -1.71. The molecule has 11 heteroatoms. The SMILES string of the molecule is CCCC/C=C(/O)CC/C=C\CCCCCCCC(=O)O[C@H](COC(=O)CCCCCCCCCCCCCCC)COP(=O)(O)OCC[N+](C)(C)C. The summed E-state index contributed by atoms with van der Waals surface area (Å²) in [4.78, 5) is 35.3. The lowest BCUT2D eigenvalue weighted by atomic mass is 10.0. The van der Waals surface area contributed by atoms with Crippen LogP contribution in [-0.4, -0.2) is 80.0 Å². The fourth-order valence-electron chi connectivity index (χ4n) is 5.65. The van der Waals surface area contributed by atoms with Crippen LogP contribution < -0.4 is 0 Å². The summed E-state index contributed by atoms with van der Waals surface area (Å²) in [5.74, 6) is -0.359. The molecule has 0 aliphatic heterocycles. The van der Waals surface area contributed by atoms with Gasteiger partial charge in [-0.3, -0.25) is 18.6 Å². The van der Waals surface area contributed by atoms with E-state index in [1.165, 1.54) is 64.2 Å². The molecule has 2 atom stereocenters. The number of likely N-dealkylation sites (N-methyl/N-ethyl adjacent to an activating group) is 1. The van der Waals surface area contributed by atoms with Gasteiger partial charge in [0.05, 0.1) is 33.5 Å². The van der Waals surface area contributed by atoms with Crippen molar-refractivity contribution in [1.82, 2.24) is 0 Å². The predicted molar refractivity (Wildman–Crippen MR) is 217 cm³/mol. The normalized spacial score (nSPS) is 14.0. The van der Waals surface area contributed by atoms with Crippen molar-refractivity contribution in [1.29, 1.82) is 0 Å². The summed E-state index contributed by atoms with van der Waals surface area (Å²) in [7, 11) is 1.44. The van der Waals surface area contributed by atoms with Crippen molar-refractivity contribution in [3.05, 3.63) is 24.0 Å². The topological polar surface area (TPSA) is 129 Å². The van der Waals surface area contributed by atoms with Crippen molar-refractivity contribution < 1.29 is 47.2 Å². The largest absolute Gasteiger partial charge is 0.513 e. The third-order valence-electron chi connectivity index (χ3n) is 9.08. The smallest absolute Gasteiger partial charge is 0.472 e. The second-order valence-corrected chi connectivity index (χ2v) is 17.0. The molecule has 1 unspecified atom stereocenters. The molecule has 0 amide bonds. The van der Waals surface area contributed by atoms with Gasteiger partial charge in [-0.25, -0.2) is 4.57 Å². The third kappa shape index (κ3) is 38.4. The molecule has 0 fully saturated rings. The fourth-order valence-corrected chi connectivity index (χ4v) is 6.40. The molecule has 0 spiro atoms. The summed E-state index contributed by atoms with van der Waals surface area (Å²) in [6, 6.07) is 0. The molecule has 53 heavy (non-hydrogen) atoms. The van der Waals surface area contributed by atoms with Gasteiger partial charge in [-0.15, -0.1) is 0 Å². The Labute approximate surface area is 324 Å². The minimum atomic E-state index is -4.38. The quantitative estimate of drug-likeness (QED) is 0.0157. The van der Waals surface area contributed by atoms with Crippen LogP contribution in [0.5, 0.6) is 0 Å². The molecule has 0 aromatic heterocycles. The van der Waals surface area contributed by atoms with E-state index in [1.54, 1.807) is 0 Å². The summed E-state index contributed by atoms with van der Waals surface area (Å²) >= 11 is 0. The van der Waals surface area contributed by atoms with Crippen LogP contribution in [0, 0.1) is 0 Å². The van der Waals surface area contributed by atoms with Crippen molar-refractivity contribution in [2.75, 3.05) is 47.5 Å². The van der Waals surface area contributed by atoms with Crippen LogP contribution in [0.25, 0.3) is 0 Å². The minimum absolute atomic E-state index is 0.0213. The highest BCUT2D eigenvalue weighted by Gasteiger charge is 2.27. The molecule has 0 saturated carbocycles. The van der Waals surface area contributed by atoms with Crippen LogP contribution in [0.15, 0.2) is 24.0 Å². The highest BCUT2D eigenvalue weighted by molar-refractivity contribution is 7.47. The Morgan fingerprint density at radius 1 is 0.623 bits per heavy atom. The van der Waals surface area contributed by atoms with Gasteiger partial charge < -0.3 is 24.0 Å². The summed E-state index contributed by atoms with van der Waals surface area (Å²) in [6.45, 7) is 4.25. The van der Waals surface area contributed by atoms with Crippen LogP contribution >= 0.6 is 7.82 Å². The lowest BCUT2D eigenvalue weighted by Crippen LogP contribution is -2.37. The summed E-state index contributed by atoms with van der Waals surface area (Å²) in [5, 5.41) is 9.88. The van der Waals surface area contributed by atoms with Gasteiger partial charge >= 0.3 is 19.8 Å². The number of ether oxygens (including phenoxy) is 2. The first-order valence-electron chi connectivity index (χ1n) is 21.2. The standard InChI is InChI=1S/C42H80NO9P/c1-6-8-10-11-12-13-14-15-16-19-22-25-29-33-41(45)49-37-40(38-51-53(47,48)50-36-35-43(3,4)5)52-42(46)34-30-26-23-20-17-18-21-24-28-32-39(44)31-27-9-7-2/h21,24,31,40H,6-20,22-23,25-30,32-38H2,1-5H3,(H-,44,47,48)/p+1/b24-21-,39-31+/t40-/m1/s1. The molecule has 2 N–H and O–H groups in total. The van der Waals surface area contributed by atoms with Crippen molar-refractivity contribution >= 4 is 19.8 Å². The molecule has 0 heterocycles. The molecule has 0 aliphatic carbocycles. The van der Waals surface area contributed by atoms with E-state index in [2.05, 4.69) is 26.0 Å². The average molecular weight is 775 g/mol. The zero-order chi connectivity index (χ0) is 39.5. The number of hydrogen-bond acceptors (Lipinski definition) is 8. The van der Waals surface area contributed by atoms with Crippen molar-refractivity contribution in [2.45, 2.75) is 187 Å². The van der Waals surface area contributed by atoms with E-state index in [4.69, 9.17) is 18.5 Å². The minimum Gasteiger partial charge on any atom is -0.513 e. The number of unbranched alkanes of at least 4 members (excludes halogenated alkanes) is 19. The van der Waals surface area contributed by atoms with Crippen LogP contribution in [0.1, 0.15) is 181 Å². The maximum atomic E-state index is 12.7. The van der Waals surface area contributed by atoms with Crippen molar-refractivity contribution in [3.63, 3.8) is 0 Å². The molecule has 10 nitrogen and oxygen atoms in total. The van der Waals surface area contributed by atoms with Crippen LogP contribution in [0.3, 0.4) is 0 Å². The number of quaternary nitrogens is 1. The van der Waals surface area contributed by atoms with E-state index in [0.29, 0.717) is 29.6 Å². The molecule has 0 saturated heterocycles. The average Bonchev–Trinajstić information content (AvgIpc) is 3.09.